The molecule has 0 spiro atoms. The number of nitrogens with zero attached hydrogens (tertiary/aromatic N) is 1. The van der Waals surface area contributed by atoms with Gasteiger partial charge in [-0.2, -0.15) is 0 Å². The molecule has 0 saturated heterocycles. The Morgan fingerprint density at radius 3 is 2.39 bits per heavy atom. The molecule has 28 heavy (non-hydrogen) atoms. The van der Waals surface area contributed by atoms with Crippen molar-refractivity contribution in [2.24, 2.45) is 10.9 Å². The van der Waals surface area contributed by atoms with Crippen LogP contribution in [0.15, 0.2) is 34.2 Å². The first-order valence-electron chi connectivity index (χ1n) is 10.0. The largest absolute Gasteiger partial charge is 0.356 e. The molecule has 1 unspecified atom stereocenters. The van der Waals surface area contributed by atoms with Crippen molar-refractivity contribution in [1.29, 1.82) is 0 Å². The number of guanidine groups is 1. The van der Waals surface area contributed by atoms with Gasteiger partial charge in [0.15, 0.2) is 5.96 Å². The van der Waals surface area contributed by atoms with Gasteiger partial charge in [-0.3, -0.25) is 4.99 Å². The van der Waals surface area contributed by atoms with E-state index >= 15 is 0 Å². The van der Waals surface area contributed by atoms with E-state index < -0.39 is 10.0 Å². The second kappa shape index (κ2) is 12.6. The lowest BCUT2D eigenvalue weighted by Gasteiger charge is -2.18. The Kier molecular flexibility index (Phi) is 11.4. The predicted octanol–water partition coefficient (Wildman–Crippen LogP) is 3.63. The maximum atomic E-state index is 12.2. The Bertz CT molecular complexity index is 703. The van der Waals surface area contributed by atoms with E-state index in [2.05, 4.69) is 34.2 Å². The fourth-order valence-corrected chi connectivity index (χ4v) is 4.17. The molecule has 0 aliphatic heterocycles. The Morgan fingerprint density at radius 2 is 1.86 bits per heavy atom. The zero-order valence-electron chi connectivity index (χ0n) is 17.2. The molecular formula is C20H35IN4O2S. The molecule has 1 aromatic rings. The van der Waals surface area contributed by atoms with E-state index in [4.69, 9.17) is 0 Å². The van der Waals surface area contributed by atoms with Crippen LogP contribution in [0.4, 0.5) is 0 Å². The lowest BCUT2D eigenvalue weighted by Crippen LogP contribution is -2.39. The topological polar surface area (TPSA) is 82.6 Å². The van der Waals surface area contributed by atoms with Crippen LogP contribution in [0, 0.1) is 5.92 Å². The van der Waals surface area contributed by atoms with Crippen molar-refractivity contribution in [3.05, 3.63) is 29.8 Å². The van der Waals surface area contributed by atoms with Gasteiger partial charge in [-0.1, -0.05) is 45.2 Å². The van der Waals surface area contributed by atoms with Crippen LogP contribution >= 0.6 is 24.0 Å². The van der Waals surface area contributed by atoms with Gasteiger partial charge in [0.05, 0.1) is 4.90 Å². The molecule has 6 nitrogen and oxygen atoms in total. The lowest BCUT2D eigenvalue weighted by atomic mass is 9.99. The molecule has 0 amide bonds. The maximum absolute atomic E-state index is 12.2. The maximum Gasteiger partial charge on any atom is 0.240 e. The Balaban J connectivity index is 0.00000392. The molecule has 1 aromatic carbocycles. The number of unbranched alkanes of at least 4 members (excludes halogenated alkanes) is 1. The first kappa shape index (κ1) is 25.2. The van der Waals surface area contributed by atoms with Gasteiger partial charge in [0.25, 0.3) is 0 Å². The van der Waals surface area contributed by atoms with Gasteiger partial charge < -0.3 is 10.6 Å². The third kappa shape index (κ3) is 8.65. The number of hydrogen-bond acceptors (Lipinski definition) is 3. The number of sulfonamides is 1. The van der Waals surface area contributed by atoms with E-state index in [-0.39, 0.29) is 30.0 Å². The summed E-state index contributed by atoms with van der Waals surface area (Å²) in [6.45, 7) is 5.97. The van der Waals surface area contributed by atoms with E-state index in [0.29, 0.717) is 17.4 Å². The van der Waals surface area contributed by atoms with E-state index in [9.17, 15) is 8.42 Å². The molecule has 1 aliphatic carbocycles. The molecule has 1 aliphatic rings. The molecule has 0 radical (unpaired) electrons. The summed E-state index contributed by atoms with van der Waals surface area (Å²) in [4.78, 5) is 4.60. The van der Waals surface area contributed by atoms with E-state index in [1.54, 1.807) is 19.2 Å². The summed E-state index contributed by atoms with van der Waals surface area (Å²) in [7, 11) is -1.62. The van der Waals surface area contributed by atoms with Gasteiger partial charge in [-0.15, -0.1) is 24.0 Å². The molecule has 2 rings (SSSR count). The second-order valence-corrected chi connectivity index (χ2v) is 8.98. The summed E-state index contributed by atoms with van der Waals surface area (Å²) in [6, 6.07) is 7.14. The third-order valence-electron chi connectivity index (χ3n) is 4.92. The number of rotatable bonds is 11. The van der Waals surface area contributed by atoms with Crippen LogP contribution in [0.2, 0.25) is 0 Å². The molecule has 0 bridgehead atoms. The second-order valence-electron chi connectivity index (χ2n) is 7.26. The summed E-state index contributed by atoms with van der Waals surface area (Å²) in [5.41, 5.74) is 1.02. The molecule has 1 atom stereocenters. The van der Waals surface area contributed by atoms with Gasteiger partial charge in [0.2, 0.25) is 10.0 Å². The first-order valence-corrected chi connectivity index (χ1v) is 11.5. The highest BCUT2D eigenvalue weighted by Crippen LogP contribution is 2.22. The summed E-state index contributed by atoms with van der Waals surface area (Å²) < 4.78 is 27.1. The highest BCUT2D eigenvalue weighted by molar-refractivity contribution is 14.0. The number of aliphatic imine (C=N–C) groups is 1. The van der Waals surface area contributed by atoms with Crippen LogP contribution in [0.1, 0.15) is 57.9 Å². The lowest BCUT2D eigenvalue weighted by molar-refractivity contribution is 0.443. The van der Waals surface area contributed by atoms with Gasteiger partial charge in [0, 0.05) is 26.2 Å². The van der Waals surface area contributed by atoms with E-state index in [1.165, 1.54) is 19.3 Å². The fourth-order valence-electron chi connectivity index (χ4n) is 2.87. The molecule has 0 heterocycles. The Labute approximate surface area is 187 Å². The van der Waals surface area contributed by atoms with Gasteiger partial charge in [0.1, 0.15) is 0 Å². The van der Waals surface area contributed by atoms with Crippen molar-refractivity contribution in [1.82, 2.24) is 15.4 Å². The standard InChI is InChI=1S/C20H34N4O2S.HI/c1-4-6-7-16(5-2)14-22-20(21-3)23-15-17-8-12-19(13-9-17)27(25,26)24-18-10-11-18;/h8-9,12-13,16,18,24H,4-7,10-11,14-15H2,1-3H3,(H2,21,22,23);1H. The number of hydrogen-bond donors (Lipinski definition) is 3. The monoisotopic (exact) mass is 522 g/mol. The fraction of sp³-hybridized carbons (Fsp3) is 0.650. The highest BCUT2D eigenvalue weighted by Gasteiger charge is 2.27. The number of halogens is 1. The first-order chi connectivity index (χ1) is 13.0. The van der Waals surface area contributed by atoms with Crippen LogP contribution in [-0.4, -0.2) is 34.0 Å². The number of benzene rings is 1. The van der Waals surface area contributed by atoms with Crippen molar-refractivity contribution in [3.63, 3.8) is 0 Å². The normalized spacial score (nSPS) is 15.6. The molecular weight excluding hydrogens is 487 g/mol. The van der Waals surface area contributed by atoms with Crippen molar-refractivity contribution >= 4 is 40.0 Å². The van der Waals surface area contributed by atoms with Gasteiger partial charge >= 0.3 is 0 Å². The van der Waals surface area contributed by atoms with Crippen molar-refractivity contribution < 1.29 is 8.42 Å². The van der Waals surface area contributed by atoms with Crippen molar-refractivity contribution in [3.8, 4) is 0 Å². The minimum absolute atomic E-state index is 0. The molecule has 0 aromatic heterocycles. The molecule has 1 saturated carbocycles. The minimum atomic E-state index is -3.39. The predicted molar refractivity (Wildman–Crippen MR) is 127 cm³/mol. The highest BCUT2D eigenvalue weighted by atomic mass is 127. The quantitative estimate of drug-likeness (QED) is 0.236. The SMILES string of the molecule is CCCCC(CC)CNC(=NC)NCc1ccc(S(=O)(=O)NC2CC2)cc1.I. The molecule has 160 valence electrons. The Hall–Kier alpha value is -0.870. The van der Waals surface area contributed by atoms with Crippen molar-refractivity contribution in [2.45, 2.75) is 69.9 Å². The van der Waals surface area contributed by atoms with Crippen LogP contribution < -0.4 is 15.4 Å². The van der Waals surface area contributed by atoms with Crippen LogP contribution in [0.5, 0.6) is 0 Å². The minimum Gasteiger partial charge on any atom is -0.356 e. The summed E-state index contributed by atoms with van der Waals surface area (Å²) >= 11 is 0. The number of nitrogens with one attached hydrogen (secondary N) is 3. The zero-order valence-corrected chi connectivity index (χ0v) is 20.3. The Morgan fingerprint density at radius 1 is 1.18 bits per heavy atom. The zero-order chi connectivity index (χ0) is 19.7. The smallest absolute Gasteiger partial charge is 0.240 e. The average Bonchev–Trinajstić information content (AvgIpc) is 3.47. The third-order valence-corrected chi connectivity index (χ3v) is 6.45. The van der Waals surface area contributed by atoms with E-state index in [0.717, 1.165) is 37.3 Å². The van der Waals surface area contributed by atoms with Gasteiger partial charge in [-0.25, -0.2) is 13.1 Å². The van der Waals surface area contributed by atoms with Gasteiger partial charge in [-0.05, 0) is 42.9 Å². The molecule has 3 N–H and O–H groups in total. The average molecular weight is 522 g/mol. The molecule has 8 heteroatoms. The van der Waals surface area contributed by atoms with Crippen LogP contribution in [-0.2, 0) is 16.6 Å². The summed E-state index contributed by atoms with van der Waals surface area (Å²) in [6.07, 6.45) is 6.76. The van der Waals surface area contributed by atoms with Crippen molar-refractivity contribution in [2.75, 3.05) is 13.6 Å². The molecule has 1 fully saturated rings. The van der Waals surface area contributed by atoms with E-state index in [1.807, 2.05) is 12.1 Å². The van der Waals surface area contributed by atoms with Crippen LogP contribution in [0.3, 0.4) is 0 Å². The summed E-state index contributed by atoms with van der Waals surface area (Å²) in [5, 5.41) is 6.69. The summed E-state index contributed by atoms with van der Waals surface area (Å²) in [5.74, 6) is 1.43. The van der Waals surface area contributed by atoms with Crippen LogP contribution in [0.25, 0.3) is 0 Å².